The van der Waals surface area contributed by atoms with E-state index < -0.39 is 0 Å². The Labute approximate surface area is 74.2 Å². The summed E-state index contributed by atoms with van der Waals surface area (Å²) >= 11 is 0. The zero-order chi connectivity index (χ0) is 8.60. The van der Waals surface area contributed by atoms with Crippen molar-refractivity contribution >= 4 is 0 Å². The van der Waals surface area contributed by atoms with Gasteiger partial charge >= 0.3 is 0 Å². The minimum absolute atomic E-state index is 0.0288. The third kappa shape index (κ3) is 0.964. The summed E-state index contributed by atoms with van der Waals surface area (Å²) in [5, 5.41) is 9.09. The Morgan fingerprint density at radius 3 is 2.92 bits per heavy atom. The maximum Gasteiger partial charge on any atom is 0.109 e. The van der Waals surface area contributed by atoms with Gasteiger partial charge in [-0.25, -0.2) is 0 Å². The van der Waals surface area contributed by atoms with Crippen molar-refractivity contribution in [2.45, 2.75) is 38.1 Å². The van der Waals surface area contributed by atoms with Gasteiger partial charge in [-0.15, -0.1) is 0 Å². The summed E-state index contributed by atoms with van der Waals surface area (Å²) in [6.07, 6.45) is 4.78. The molecule has 2 heteroatoms. The first-order valence-corrected chi connectivity index (χ1v) is 4.97. The molecule has 0 N–H and O–H groups in total. The fraction of sp³-hybridized carbons (Fsp3) is 0.900. The van der Waals surface area contributed by atoms with Gasteiger partial charge in [0.05, 0.1) is 6.07 Å². The first kappa shape index (κ1) is 8.07. The van der Waals surface area contributed by atoms with E-state index in [1.165, 1.54) is 12.8 Å². The Hall–Kier alpha value is -0.550. The van der Waals surface area contributed by atoms with E-state index in [2.05, 4.69) is 17.9 Å². The molecule has 12 heavy (non-hydrogen) atoms. The molecule has 2 saturated heterocycles. The molecule has 1 aliphatic carbocycles. The lowest BCUT2D eigenvalue weighted by Crippen LogP contribution is -2.61. The van der Waals surface area contributed by atoms with Crippen molar-refractivity contribution in [2.75, 3.05) is 13.1 Å². The van der Waals surface area contributed by atoms with E-state index in [0.717, 1.165) is 31.8 Å². The Morgan fingerprint density at radius 2 is 2.33 bits per heavy atom. The standard InChI is InChI=1S/C10H16N2/c1-2-4-12-5-3-9-6-10(12,7-9)8-11/h9H,2-7H2,1H3. The Balaban J connectivity index is 2.06. The fourth-order valence-corrected chi connectivity index (χ4v) is 2.67. The summed E-state index contributed by atoms with van der Waals surface area (Å²) in [7, 11) is 0. The maximum atomic E-state index is 9.09. The average Bonchev–Trinajstić information content (AvgIpc) is 2.04. The van der Waals surface area contributed by atoms with Crippen LogP contribution in [0.3, 0.4) is 0 Å². The molecule has 2 bridgehead atoms. The van der Waals surface area contributed by atoms with Crippen LogP contribution in [0, 0.1) is 17.2 Å². The fourth-order valence-electron chi connectivity index (χ4n) is 2.67. The van der Waals surface area contributed by atoms with Gasteiger partial charge in [0.1, 0.15) is 5.54 Å². The molecule has 3 fully saturated rings. The second kappa shape index (κ2) is 2.74. The molecular weight excluding hydrogens is 148 g/mol. The summed E-state index contributed by atoms with van der Waals surface area (Å²) in [5.74, 6) is 0.873. The van der Waals surface area contributed by atoms with Gasteiger partial charge in [0, 0.05) is 0 Å². The van der Waals surface area contributed by atoms with Crippen LogP contribution in [0.15, 0.2) is 0 Å². The van der Waals surface area contributed by atoms with E-state index in [-0.39, 0.29) is 5.54 Å². The molecule has 66 valence electrons. The quantitative estimate of drug-likeness (QED) is 0.622. The molecule has 0 aromatic rings. The molecule has 0 radical (unpaired) electrons. The smallest absolute Gasteiger partial charge is 0.109 e. The lowest BCUT2D eigenvalue weighted by atomic mass is 9.63. The summed E-state index contributed by atoms with van der Waals surface area (Å²) in [4.78, 5) is 2.40. The van der Waals surface area contributed by atoms with Crippen molar-refractivity contribution in [3.8, 4) is 6.07 Å². The molecular formula is C10H16N2. The molecule has 2 nitrogen and oxygen atoms in total. The lowest BCUT2D eigenvalue weighted by Gasteiger charge is -2.55. The van der Waals surface area contributed by atoms with Crippen LogP contribution in [0.1, 0.15) is 32.6 Å². The topological polar surface area (TPSA) is 27.0 Å². The number of rotatable bonds is 2. The minimum atomic E-state index is -0.0288. The SMILES string of the molecule is CCCN1CCC2CC1(C#N)C2. The molecule has 3 aliphatic rings. The van der Waals surface area contributed by atoms with Crippen LogP contribution in [0.5, 0.6) is 0 Å². The third-order valence-electron chi connectivity index (χ3n) is 3.37. The van der Waals surface area contributed by atoms with Gasteiger partial charge in [-0.1, -0.05) is 6.92 Å². The van der Waals surface area contributed by atoms with Gasteiger partial charge in [0.15, 0.2) is 0 Å². The number of nitrogens with zero attached hydrogens (tertiary/aromatic N) is 2. The number of nitriles is 1. The zero-order valence-corrected chi connectivity index (χ0v) is 7.71. The van der Waals surface area contributed by atoms with Crippen LogP contribution in [0.2, 0.25) is 0 Å². The maximum absolute atomic E-state index is 9.09. The van der Waals surface area contributed by atoms with Crippen LogP contribution in [0.4, 0.5) is 0 Å². The summed E-state index contributed by atoms with van der Waals surface area (Å²) < 4.78 is 0. The van der Waals surface area contributed by atoms with Gasteiger partial charge in [0.2, 0.25) is 0 Å². The van der Waals surface area contributed by atoms with Crippen molar-refractivity contribution in [1.29, 1.82) is 5.26 Å². The number of hydrogen-bond acceptors (Lipinski definition) is 2. The normalized spacial score (nSPS) is 40.2. The molecule has 0 amide bonds. The van der Waals surface area contributed by atoms with Crippen LogP contribution in [0.25, 0.3) is 0 Å². The molecule has 1 saturated carbocycles. The van der Waals surface area contributed by atoms with Gasteiger partial charge in [-0.05, 0) is 44.7 Å². The van der Waals surface area contributed by atoms with Crippen molar-refractivity contribution in [3.05, 3.63) is 0 Å². The van der Waals surface area contributed by atoms with Crippen molar-refractivity contribution < 1.29 is 0 Å². The molecule has 0 atom stereocenters. The molecule has 0 unspecified atom stereocenters. The summed E-state index contributed by atoms with van der Waals surface area (Å²) in [6, 6.07) is 2.51. The highest BCUT2D eigenvalue weighted by atomic mass is 15.2. The molecule has 2 aliphatic heterocycles. The van der Waals surface area contributed by atoms with E-state index in [1.807, 2.05) is 0 Å². The highest BCUT2D eigenvalue weighted by Crippen LogP contribution is 2.48. The monoisotopic (exact) mass is 164 g/mol. The second-order valence-corrected chi connectivity index (χ2v) is 4.19. The van der Waals surface area contributed by atoms with Crippen LogP contribution < -0.4 is 0 Å². The van der Waals surface area contributed by atoms with Crippen LogP contribution in [-0.2, 0) is 0 Å². The van der Waals surface area contributed by atoms with Gasteiger partial charge < -0.3 is 0 Å². The molecule has 3 rings (SSSR count). The predicted molar refractivity (Wildman–Crippen MR) is 47.5 cm³/mol. The third-order valence-corrected chi connectivity index (χ3v) is 3.37. The Bertz CT molecular complexity index is 208. The average molecular weight is 164 g/mol. The van der Waals surface area contributed by atoms with Gasteiger partial charge in [-0.3, -0.25) is 4.90 Å². The van der Waals surface area contributed by atoms with E-state index in [1.54, 1.807) is 0 Å². The first-order chi connectivity index (χ1) is 5.80. The van der Waals surface area contributed by atoms with Crippen molar-refractivity contribution in [3.63, 3.8) is 0 Å². The van der Waals surface area contributed by atoms with Crippen LogP contribution >= 0.6 is 0 Å². The van der Waals surface area contributed by atoms with E-state index in [4.69, 9.17) is 5.26 Å². The highest BCUT2D eigenvalue weighted by Gasteiger charge is 2.51. The predicted octanol–water partition coefficient (Wildman–Crippen LogP) is 1.77. The summed E-state index contributed by atoms with van der Waals surface area (Å²) in [6.45, 7) is 4.46. The Morgan fingerprint density at radius 1 is 1.58 bits per heavy atom. The lowest BCUT2D eigenvalue weighted by molar-refractivity contribution is -0.0372. The van der Waals surface area contributed by atoms with Gasteiger partial charge in [-0.2, -0.15) is 5.26 Å². The Kier molecular flexibility index (Phi) is 1.84. The van der Waals surface area contributed by atoms with Crippen molar-refractivity contribution in [2.24, 2.45) is 5.92 Å². The minimum Gasteiger partial charge on any atom is -0.286 e. The first-order valence-electron chi connectivity index (χ1n) is 4.97. The van der Waals surface area contributed by atoms with E-state index >= 15 is 0 Å². The molecule has 0 aromatic heterocycles. The highest BCUT2D eigenvalue weighted by molar-refractivity contribution is 5.18. The van der Waals surface area contributed by atoms with Crippen molar-refractivity contribution in [1.82, 2.24) is 4.90 Å². The second-order valence-electron chi connectivity index (χ2n) is 4.19. The number of hydrogen-bond donors (Lipinski definition) is 0. The van der Waals surface area contributed by atoms with E-state index in [0.29, 0.717) is 0 Å². The zero-order valence-electron chi connectivity index (χ0n) is 7.71. The largest absolute Gasteiger partial charge is 0.286 e. The number of piperidine rings is 2. The summed E-state index contributed by atoms with van der Waals surface area (Å²) in [5.41, 5.74) is -0.0288. The van der Waals surface area contributed by atoms with E-state index in [9.17, 15) is 0 Å². The molecule has 0 spiro atoms. The van der Waals surface area contributed by atoms with Crippen LogP contribution in [-0.4, -0.2) is 23.5 Å². The molecule has 0 aromatic carbocycles. The van der Waals surface area contributed by atoms with Gasteiger partial charge in [0.25, 0.3) is 0 Å². The molecule has 2 heterocycles. The number of fused-ring (bicyclic) bond motifs is 2.